The molecule has 0 aliphatic heterocycles. The standard InChI is InChI=1S/C21H16F2N4O3/c1-11-3-6-13(7-4-11)27-20(29)18-17(25-21(27)30)14(10-26(18)2)19(28)24-12-5-8-15(22)16(23)9-12/h3-10H,1-2H3,(H,24,28)(H,25,30). The maximum atomic E-state index is 13.4. The number of fused-ring (bicyclic) bond motifs is 1. The van der Waals surface area contributed by atoms with E-state index in [1.807, 2.05) is 6.92 Å². The Morgan fingerprint density at radius 1 is 1.03 bits per heavy atom. The topological polar surface area (TPSA) is 88.9 Å². The molecular weight excluding hydrogens is 394 g/mol. The Morgan fingerprint density at radius 3 is 2.40 bits per heavy atom. The predicted molar refractivity (Wildman–Crippen MR) is 108 cm³/mol. The van der Waals surface area contributed by atoms with Crippen LogP contribution in [0.25, 0.3) is 16.7 Å². The largest absolute Gasteiger partial charge is 0.344 e. The smallest absolute Gasteiger partial charge is 0.333 e. The lowest BCUT2D eigenvalue weighted by Crippen LogP contribution is -2.34. The number of benzene rings is 2. The van der Waals surface area contributed by atoms with Crippen molar-refractivity contribution in [1.82, 2.24) is 14.1 Å². The second kappa shape index (κ2) is 7.11. The van der Waals surface area contributed by atoms with Crippen LogP contribution < -0.4 is 16.6 Å². The van der Waals surface area contributed by atoms with Crippen LogP contribution in [0.4, 0.5) is 14.5 Å². The van der Waals surface area contributed by atoms with Gasteiger partial charge in [0.1, 0.15) is 5.52 Å². The van der Waals surface area contributed by atoms with E-state index < -0.39 is 28.8 Å². The summed E-state index contributed by atoms with van der Waals surface area (Å²) in [5, 5.41) is 2.43. The zero-order chi connectivity index (χ0) is 21.6. The number of aromatic nitrogens is 3. The second-order valence-electron chi connectivity index (χ2n) is 6.87. The molecule has 2 heterocycles. The van der Waals surface area contributed by atoms with Crippen LogP contribution in [0.3, 0.4) is 0 Å². The van der Waals surface area contributed by atoms with Crippen molar-refractivity contribution < 1.29 is 13.6 Å². The van der Waals surface area contributed by atoms with Gasteiger partial charge < -0.3 is 14.9 Å². The summed E-state index contributed by atoms with van der Waals surface area (Å²) >= 11 is 0. The predicted octanol–water partition coefficient (Wildman–Crippen LogP) is 2.86. The summed E-state index contributed by atoms with van der Waals surface area (Å²) in [6, 6.07) is 9.78. The molecule has 0 saturated heterocycles. The number of amides is 1. The fourth-order valence-corrected chi connectivity index (χ4v) is 3.24. The maximum absolute atomic E-state index is 13.4. The van der Waals surface area contributed by atoms with Crippen molar-refractivity contribution in [2.75, 3.05) is 5.32 Å². The fraction of sp³-hybridized carbons (Fsp3) is 0.0952. The summed E-state index contributed by atoms with van der Waals surface area (Å²) in [6.45, 7) is 1.88. The lowest BCUT2D eigenvalue weighted by Gasteiger charge is -2.07. The van der Waals surface area contributed by atoms with E-state index in [0.29, 0.717) is 5.69 Å². The molecule has 0 unspecified atom stereocenters. The van der Waals surface area contributed by atoms with Crippen LogP contribution in [0.15, 0.2) is 58.3 Å². The molecule has 2 aromatic carbocycles. The zero-order valence-electron chi connectivity index (χ0n) is 16.0. The number of aromatic amines is 1. The average molecular weight is 410 g/mol. The molecule has 0 aliphatic rings. The van der Waals surface area contributed by atoms with Gasteiger partial charge in [-0.15, -0.1) is 0 Å². The molecule has 2 aromatic heterocycles. The van der Waals surface area contributed by atoms with Crippen LogP contribution in [0.5, 0.6) is 0 Å². The number of hydrogen-bond donors (Lipinski definition) is 2. The summed E-state index contributed by atoms with van der Waals surface area (Å²) in [4.78, 5) is 40.9. The molecule has 4 rings (SSSR count). The molecular formula is C21H16F2N4O3. The summed E-state index contributed by atoms with van der Waals surface area (Å²) in [5.74, 6) is -2.84. The van der Waals surface area contributed by atoms with Crippen molar-refractivity contribution in [2.45, 2.75) is 6.92 Å². The van der Waals surface area contributed by atoms with Gasteiger partial charge in [-0.1, -0.05) is 17.7 Å². The van der Waals surface area contributed by atoms with Crippen LogP contribution in [-0.2, 0) is 7.05 Å². The van der Waals surface area contributed by atoms with Gasteiger partial charge in [0.05, 0.1) is 16.8 Å². The van der Waals surface area contributed by atoms with E-state index in [9.17, 15) is 23.2 Å². The summed E-state index contributed by atoms with van der Waals surface area (Å²) in [5.41, 5.74) is 0.286. The Hall–Kier alpha value is -4.01. The quantitative estimate of drug-likeness (QED) is 0.544. The minimum absolute atomic E-state index is 0.0162. The second-order valence-corrected chi connectivity index (χ2v) is 6.87. The van der Waals surface area contributed by atoms with Gasteiger partial charge >= 0.3 is 5.69 Å². The Bertz CT molecular complexity index is 1420. The van der Waals surface area contributed by atoms with Gasteiger partial charge in [-0.25, -0.2) is 18.1 Å². The number of nitrogens with one attached hydrogen (secondary N) is 2. The first kappa shape index (κ1) is 19.3. The molecule has 0 fully saturated rings. The summed E-state index contributed by atoms with van der Waals surface area (Å²) in [7, 11) is 1.57. The number of carbonyl (C=O) groups excluding carboxylic acids is 1. The van der Waals surface area contributed by atoms with E-state index >= 15 is 0 Å². The molecule has 0 radical (unpaired) electrons. The maximum Gasteiger partial charge on any atom is 0.333 e. The number of carbonyl (C=O) groups is 1. The van der Waals surface area contributed by atoms with Crippen LogP contribution in [-0.4, -0.2) is 20.0 Å². The highest BCUT2D eigenvalue weighted by Crippen LogP contribution is 2.19. The number of aryl methyl sites for hydroxylation is 2. The van der Waals surface area contributed by atoms with E-state index in [1.165, 1.54) is 16.8 Å². The first-order valence-corrected chi connectivity index (χ1v) is 8.94. The van der Waals surface area contributed by atoms with E-state index in [2.05, 4.69) is 10.3 Å². The third-order valence-corrected chi connectivity index (χ3v) is 4.74. The van der Waals surface area contributed by atoms with Crippen molar-refractivity contribution in [1.29, 1.82) is 0 Å². The number of rotatable bonds is 3. The van der Waals surface area contributed by atoms with Crippen molar-refractivity contribution >= 4 is 22.6 Å². The van der Waals surface area contributed by atoms with Crippen molar-refractivity contribution in [2.24, 2.45) is 7.05 Å². The van der Waals surface area contributed by atoms with Gasteiger partial charge in [0, 0.05) is 25.0 Å². The monoisotopic (exact) mass is 410 g/mol. The molecule has 0 atom stereocenters. The number of H-pyrrole nitrogens is 1. The Kier molecular flexibility index (Phi) is 4.57. The Balaban J connectivity index is 1.82. The molecule has 30 heavy (non-hydrogen) atoms. The van der Waals surface area contributed by atoms with Crippen molar-refractivity contribution in [3.8, 4) is 5.69 Å². The Morgan fingerprint density at radius 2 is 1.73 bits per heavy atom. The lowest BCUT2D eigenvalue weighted by molar-refractivity contribution is 0.102. The molecule has 7 nitrogen and oxygen atoms in total. The van der Waals surface area contributed by atoms with Crippen LogP contribution in [0.1, 0.15) is 15.9 Å². The van der Waals surface area contributed by atoms with Crippen molar-refractivity contribution in [3.05, 3.63) is 92.3 Å². The highest BCUT2D eigenvalue weighted by Gasteiger charge is 2.20. The van der Waals surface area contributed by atoms with Crippen LogP contribution >= 0.6 is 0 Å². The molecule has 0 bridgehead atoms. The molecule has 2 N–H and O–H groups in total. The highest BCUT2D eigenvalue weighted by molar-refractivity contribution is 6.11. The van der Waals surface area contributed by atoms with Gasteiger partial charge in [0.25, 0.3) is 11.5 Å². The molecule has 0 saturated carbocycles. The molecule has 4 aromatic rings. The molecule has 9 heteroatoms. The zero-order valence-corrected chi connectivity index (χ0v) is 16.0. The third-order valence-electron chi connectivity index (χ3n) is 4.74. The number of anilines is 1. The summed E-state index contributed by atoms with van der Waals surface area (Å²) < 4.78 is 28.9. The van der Waals surface area contributed by atoms with Crippen molar-refractivity contribution in [3.63, 3.8) is 0 Å². The van der Waals surface area contributed by atoms with Gasteiger partial charge in [-0.3, -0.25) is 9.59 Å². The molecule has 0 spiro atoms. The fourth-order valence-electron chi connectivity index (χ4n) is 3.24. The van der Waals surface area contributed by atoms with E-state index in [-0.39, 0.29) is 22.3 Å². The van der Waals surface area contributed by atoms with Gasteiger partial charge in [0.2, 0.25) is 0 Å². The molecule has 0 aliphatic carbocycles. The van der Waals surface area contributed by atoms with E-state index in [1.54, 1.807) is 31.3 Å². The van der Waals surface area contributed by atoms with Crippen LogP contribution in [0.2, 0.25) is 0 Å². The molecule has 1 amide bonds. The Labute approximate surface area is 168 Å². The highest BCUT2D eigenvalue weighted by atomic mass is 19.2. The number of hydrogen-bond acceptors (Lipinski definition) is 3. The minimum Gasteiger partial charge on any atom is -0.344 e. The number of halogens is 2. The minimum atomic E-state index is -1.11. The molecule has 152 valence electrons. The SMILES string of the molecule is Cc1ccc(-n2c(=O)[nH]c3c(C(=O)Nc4ccc(F)c(F)c4)cn(C)c3c2=O)cc1. The summed E-state index contributed by atoms with van der Waals surface area (Å²) in [6.07, 6.45) is 1.39. The van der Waals surface area contributed by atoms with E-state index in [0.717, 1.165) is 22.3 Å². The number of nitrogens with zero attached hydrogens (tertiary/aromatic N) is 2. The van der Waals surface area contributed by atoms with Gasteiger partial charge in [-0.05, 0) is 31.2 Å². The third kappa shape index (κ3) is 3.20. The normalized spacial score (nSPS) is 11.1. The van der Waals surface area contributed by atoms with Gasteiger partial charge in [-0.2, -0.15) is 0 Å². The van der Waals surface area contributed by atoms with Gasteiger partial charge in [0.15, 0.2) is 11.6 Å². The first-order valence-electron chi connectivity index (χ1n) is 8.94. The lowest BCUT2D eigenvalue weighted by atomic mass is 10.2. The first-order chi connectivity index (χ1) is 14.3. The van der Waals surface area contributed by atoms with Crippen LogP contribution in [0, 0.1) is 18.6 Å². The van der Waals surface area contributed by atoms with E-state index in [4.69, 9.17) is 0 Å². The average Bonchev–Trinajstić information content (AvgIpc) is 3.02.